The van der Waals surface area contributed by atoms with Crippen molar-refractivity contribution in [2.75, 3.05) is 6.61 Å². The number of halogens is 2. The first-order valence-electron chi connectivity index (χ1n) is 4.33. The minimum absolute atomic E-state index is 0.147. The standard InChI is InChI=1S/C10H10F2O/c11-8-3-4-10(9(12)5-8)13-6-7-1-2-7/h3-5,7H,1-2,6H2. The van der Waals surface area contributed by atoms with Crippen molar-refractivity contribution in [3.05, 3.63) is 29.8 Å². The summed E-state index contributed by atoms with van der Waals surface area (Å²) in [6, 6.07) is 3.36. The molecule has 0 heterocycles. The highest BCUT2D eigenvalue weighted by Crippen LogP contribution is 2.30. The van der Waals surface area contributed by atoms with Crippen LogP contribution in [-0.4, -0.2) is 6.61 Å². The van der Waals surface area contributed by atoms with E-state index in [-0.39, 0.29) is 5.75 Å². The van der Waals surface area contributed by atoms with Gasteiger partial charge in [-0.25, -0.2) is 8.78 Å². The van der Waals surface area contributed by atoms with E-state index in [4.69, 9.17) is 4.74 Å². The molecular weight excluding hydrogens is 174 g/mol. The Kier molecular flexibility index (Phi) is 2.17. The van der Waals surface area contributed by atoms with E-state index in [9.17, 15) is 8.78 Å². The molecule has 1 fully saturated rings. The summed E-state index contributed by atoms with van der Waals surface area (Å²) in [5, 5.41) is 0. The lowest BCUT2D eigenvalue weighted by Gasteiger charge is -2.05. The van der Waals surface area contributed by atoms with Crippen molar-refractivity contribution in [1.82, 2.24) is 0 Å². The van der Waals surface area contributed by atoms with Gasteiger partial charge in [-0.2, -0.15) is 0 Å². The molecule has 0 N–H and O–H groups in total. The van der Waals surface area contributed by atoms with Gasteiger partial charge in [0.1, 0.15) is 5.82 Å². The molecule has 0 spiro atoms. The second-order valence-electron chi connectivity index (χ2n) is 3.33. The summed E-state index contributed by atoms with van der Waals surface area (Å²) in [5.41, 5.74) is 0. The van der Waals surface area contributed by atoms with Crippen LogP contribution in [0.3, 0.4) is 0 Å². The number of rotatable bonds is 3. The van der Waals surface area contributed by atoms with Gasteiger partial charge in [-0.3, -0.25) is 0 Å². The lowest BCUT2D eigenvalue weighted by atomic mass is 10.3. The van der Waals surface area contributed by atoms with Crippen LogP contribution in [0.2, 0.25) is 0 Å². The van der Waals surface area contributed by atoms with Crippen LogP contribution >= 0.6 is 0 Å². The van der Waals surface area contributed by atoms with E-state index in [0.29, 0.717) is 12.5 Å². The second kappa shape index (κ2) is 3.32. The second-order valence-corrected chi connectivity index (χ2v) is 3.33. The average molecular weight is 184 g/mol. The van der Waals surface area contributed by atoms with Crippen molar-refractivity contribution >= 4 is 0 Å². The van der Waals surface area contributed by atoms with Crippen molar-refractivity contribution in [1.29, 1.82) is 0 Å². The molecular formula is C10H10F2O. The highest BCUT2D eigenvalue weighted by molar-refractivity contribution is 5.24. The third kappa shape index (κ3) is 2.17. The summed E-state index contributed by atoms with van der Waals surface area (Å²) in [4.78, 5) is 0. The maximum Gasteiger partial charge on any atom is 0.167 e. The van der Waals surface area contributed by atoms with Crippen molar-refractivity contribution in [3.63, 3.8) is 0 Å². The molecule has 0 unspecified atom stereocenters. The van der Waals surface area contributed by atoms with Gasteiger partial charge < -0.3 is 4.74 Å². The van der Waals surface area contributed by atoms with Crippen LogP contribution in [0.25, 0.3) is 0 Å². The van der Waals surface area contributed by atoms with Gasteiger partial charge in [0.05, 0.1) is 6.61 Å². The Bertz CT molecular complexity index is 308. The van der Waals surface area contributed by atoms with E-state index in [0.717, 1.165) is 18.9 Å². The Hall–Kier alpha value is -1.12. The van der Waals surface area contributed by atoms with Crippen LogP contribution < -0.4 is 4.74 Å². The number of hydrogen-bond donors (Lipinski definition) is 0. The Labute approximate surface area is 75.3 Å². The monoisotopic (exact) mass is 184 g/mol. The first-order chi connectivity index (χ1) is 6.25. The van der Waals surface area contributed by atoms with Crippen LogP contribution in [0.1, 0.15) is 12.8 Å². The minimum Gasteiger partial charge on any atom is -0.490 e. The van der Waals surface area contributed by atoms with Crippen molar-refractivity contribution < 1.29 is 13.5 Å². The zero-order valence-electron chi connectivity index (χ0n) is 7.09. The van der Waals surface area contributed by atoms with Crippen LogP contribution in [-0.2, 0) is 0 Å². The van der Waals surface area contributed by atoms with Crippen molar-refractivity contribution in [3.8, 4) is 5.75 Å². The molecule has 0 aromatic heterocycles. The van der Waals surface area contributed by atoms with Gasteiger partial charge in [-0.05, 0) is 30.9 Å². The van der Waals surface area contributed by atoms with E-state index >= 15 is 0 Å². The molecule has 1 aliphatic rings. The van der Waals surface area contributed by atoms with Gasteiger partial charge in [0.25, 0.3) is 0 Å². The van der Waals surface area contributed by atoms with Gasteiger partial charge in [0.15, 0.2) is 11.6 Å². The molecule has 2 rings (SSSR count). The summed E-state index contributed by atoms with van der Waals surface area (Å²) in [5.74, 6) is -0.477. The largest absolute Gasteiger partial charge is 0.490 e. The fourth-order valence-electron chi connectivity index (χ4n) is 1.08. The Morgan fingerprint density at radius 1 is 1.31 bits per heavy atom. The zero-order chi connectivity index (χ0) is 9.26. The molecule has 0 bridgehead atoms. The lowest BCUT2D eigenvalue weighted by molar-refractivity contribution is 0.284. The van der Waals surface area contributed by atoms with Crippen molar-refractivity contribution in [2.24, 2.45) is 5.92 Å². The molecule has 1 nitrogen and oxygen atoms in total. The average Bonchev–Trinajstić information content (AvgIpc) is 2.86. The molecule has 0 saturated heterocycles. The molecule has 1 aromatic carbocycles. The Balaban J connectivity index is 2.01. The van der Waals surface area contributed by atoms with Crippen LogP contribution in [0.15, 0.2) is 18.2 Å². The highest BCUT2D eigenvalue weighted by Gasteiger charge is 2.22. The molecule has 1 saturated carbocycles. The fourth-order valence-corrected chi connectivity index (χ4v) is 1.08. The summed E-state index contributed by atoms with van der Waals surface area (Å²) in [7, 11) is 0. The smallest absolute Gasteiger partial charge is 0.167 e. The fraction of sp³-hybridized carbons (Fsp3) is 0.400. The molecule has 1 aliphatic carbocycles. The number of ether oxygens (including phenoxy) is 1. The SMILES string of the molecule is Fc1ccc(OCC2CC2)c(F)c1. The molecule has 0 radical (unpaired) electrons. The number of hydrogen-bond acceptors (Lipinski definition) is 1. The molecule has 0 amide bonds. The molecule has 0 atom stereocenters. The van der Waals surface area contributed by atoms with Crippen molar-refractivity contribution in [2.45, 2.75) is 12.8 Å². The third-order valence-electron chi connectivity index (χ3n) is 2.07. The normalized spacial score (nSPS) is 15.8. The molecule has 13 heavy (non-hydrogen) atoms. The third-order valence-corrected chi connectivity index (χ3v) is 2.07. The minimum atomic E-state index is -0.624. The first-order valence-corrected chi connectivity index (χ1v) is 4.33. The van der Waals surface area contributed by atoms with E-state index in [1.54, 1.807) is 0 Å². The summed E-state index contributed by atoms with van der Waals surface area (Å²) in [6.45, 7) is 0.544. The Morgan fingerprint density at radius 2 is 2.08 bits per heavy atom. The molecule has 1 aromatic rings. The Morgan fingerprint density at radius 3 is 2.69 bits per heavy atom. The van der Waals surface area contributed by atoms with Gasteiger partial charge in [-0.15, -0.1) is 0 Å². The quantitative estimate of drug-likeness (QED) is 0.701. The topological polar surface area (TPSA) is 9.23 Å². The zero-order valence-corrected chi connectivity index (χ0v) is 7.09. The van der Waals surface area contributed by atoms with E-state index in [1.165, 1.54) is 12.1 Å². The lowest BCUT2D eigenvalue weighted by Crippen LogP contribution is -2.00. The maximum absolute atomic E-state index is 13.0. The van der Waals surface area contributed by atoms with Crippen LogP contribution in [0, 0.1) is 17.6 Å². The van der Waals surface area contributed by atoms with Gasteiger partial charge in [0.2, 0.25) is 0 Å². The molecule has 3 heteroatoms. The van der Waals surface area contributed by atoms with Crippen LogP contribution in [0.5, 0.6) is 5.75 Å². The summed E-state index contributed by atoms with van der Waals surface area (Å²) >= 11 is 0. The summed E-state index contributed by atoms with van der Waals surface area (Å²) in [6.07, 6.45) is 2.31. The van der Waals surface area contributed by atoms with E-state index in [2.05, 4.69) is 0 Å². The highest BCUT2D eigenvalue weighted by atomic mass is 19.1. The summed E-state index contributed by atoms with van der Waals surface area (Å²) < 4.78 is 30.6. The van der Waals surface area contributed by atoms with Gasteiger partial charge in [-0.1, -0.05) is 0 Å². The first kappa shape index (κ1) is 8.48. The van der Waals surface area contributed by atoms with Crippen LogP contribution in [0.4, 0.5) is 8.78 Å². The van der Waals surface area contributed by atoms with Gasteiger partial charge in [0, 0.05) is 6.07 Å². The number of benzene rings is 1. The predicted octanol–water partition coefficient (Wildman–Crippen LogP) is 2.75. The van der Waals surface area contributed by atoms with Gasteiger partial charge >= 0.3 is 0 Å². The van der Waals surface area contributed by atoms with E-state index < -0.39 is 11.6 Å². The van der Waals surface area contributed by atoms with E-state index in [1.807, 2.05) is 0 Å². The predicted molar refractivity (Wildman–Crippen MR) is 44.6 cm³/mol. The molecule has 0 aliphatic heterocycles. The molecule has 70 valence electrons. The maximum atomic E-state index is 13.0.